The van der Waals surface area contributed by atoms with Gasteiger partial charge in [0, 0.05) is 22.9 Å². The van der Waals surface area contributed by atoms with Crippen molar-refractivity contribution in [3.05, 3.63) is 56.3 Å². The predicted molar refractivity (Wildman–Crippen MR) is 72.0 cm³/mol. The summed E-state index contributed by atoms with van der Waals surface area (Å²) in [4.78, 5) is 23.2. The first-order valence-electron chi connectivity index (χ1n) is 5.50. The molecule has 1 aromatic heterocycles. The Hall–Kier alpha value is -2.21. The van der Waals surface area contributed by atoms with Crippen LogP contribution in [-0.4, -0.2) is 17.8 Å². The van der Waals surface area contributed by atoms with Gasteiger partial charge in [0.25, 0.3) is 0 Å². The third-order valence-electron chi connectivity index (χ3n) is 2.61. The highest BCUT2D eigenvalue weighted by molar-refractivity contribution is 7.10. The van der Waals surface area contributed by atoms with E-state index in [4.69, 9.17) is 4.74 Å². The standard InChI is InChI=1S/C13H11NO4S/c1-18-13-7-9(4-5-11(13)14(16)17)12(15)8-10-3-2-6-19-10/h2-7H,8H2,1H3. The van der Waals surface area contributed by atoms with E-state index in [0.29, 0.717) is 12.0 Å². The fourth-order valence-corrected chi connectivity index (χ4v) is 2.38. The van der Waals surface area contributed by atoms with Gasteiger partial charge in [0.2, 0.25) is 0 Å². The maximum absolute atomic E-state index is 12.0. The Labute approximate surface area is 113 Å². The Balaban J connectivity index is 2.25. The molecule has 2 aromatic rings. The van der Waals surface area contributed by atoms with Crippen molar-refractivity contribution in [1.29, 1.82) is 0 Å². The van der Waals surface area contributed by atoms with Gasteiger partial charge in [-0.15, -0.1) is 11.3 Å². The number of benzene rings is 1. The summed E-state index contributed by atoms with van der Waals surface area (Å²) in [5.41, 5.74) is 0.269. The molecule has 0 N–H and O–H groups in total. The molecular formula is C13H11NO4S. The number of hydrogen-bond donors (Lipinski definition) is 0. The molecule has 0 aliphatic rings. The highest BCUT2D eigenvalue weighted by Gasteiger charge is 2.17. The van der Waals surface area contributed by atoms with Gasteiger partial charge in [-0.3, -0.25) is 14.9 Å². The summed E-state index contributed by atoms with van der Waals surface area (Å²) in [6, 6.07) is 7.92. The number of ether oxygens (including phenoxy) is 1. The summed E-state index contributed by atoms with van der Waals surface area (Å²) < 4.78 is 4.94. The lowest BCUT2D eigenvalue weighted by molar-refractivity contribution is -0.385. The molecule has 1 aromatic carbocycles. The molecule has 5 nitrogen and oxygen atoms in total. The summed E-state index contributed by atoms with van der Waals surface area (Å²) in [7, 11) is 1.34. The molecule has 0 saturated heterocycles. The molecule has 0 unspecified atom stereocenters. The van der Waals surface area contributed by atoms with Gasteiger partial charge in [-0.25, -0.2) is 0 Å². The second kappa shape index (κ2) is 5.62. The first-order chi connectivity index (χ1) is 9.11. The van der Waals surface area contributed by atoms with Crippen molar-refractivity contribution < 1.29 is 14.5 Å². The summed E-state index contributed by atoms with van der Waals surface area (Å²) >= 11 is 1.50. The van der Waals surface area contributed by atoms with Crippen molar-refractivity contribution in [2.45, 2.75) is 6.42 Å². The highest BCUT2D eigenvalue weighted by atomic mass is 32.1. The number of thiophene rings is 1. The van der Waals surface area contributed by atoms with Gasteiger partial charge in [-0.1, -0.05) is 6.07 Å². The van der Waals surface area contributed by atoms with Gasteiger partial charge in [-0.05, 0) is 23.6 Å². The highest BCUT2D eigenvalue weighted by Crippen LogP contribution is 2.28. The van der Waals surface area contributed by atoms with E-state index in [1.807, 2.05) is 17.5 Å². The number of ketones is 1. The molecule has 6 heteroatoms. The number of nitro groups is 1. The summed E-state index contributed by atoms with van der Waals surface area (Å²) in [5, 5.41) is 12.7. The lowest BCUT2D eigenvalue weighted by Gasteiger charge is -2.04. The molecular weight excluding hydrogens is 266 g/mol. The molecule has 19 heavy (non-hydrogen) atoms. The van der Waals surface area contributed by atoms with E-state index in [2.05, 4.69) is 0 Å². The predicted octanol–water partition coefficient (Wildman–Crippen LogP) is 3.09. The van der Waals surface area contributed by atoms with Gasteiger partial charge in [0.05, 0.1) is 12.0 Å². The minimum atomic E-state index is -0.535. The quantitative estimate of drug-likeness (QED) is 0.478. The van der Waals surface area contributed by atoms with Crippen LogP contribution in [0.5, 0.6) is 5.75 Å². The van der Waals surface area contributed by atoms with Crippen LogP contribution in [0.4, 0.5) is 5.69 Å². The van der Waals surface area contributed by atoms with E-state index in [1.54, 1.807) is 0 Å². The maximum atomic E-state index is 12.0. The molecule has 0 spiro atoms. The number of methoxy groups -OCH3 is 1. The molecule has 1 heterocycles. The SMILES string of the molecule is COc1cc(C(=O)Cc2cccs2)ccc1[N+](=O)[O-]. The number of nitrogens with zero attached hydrogens (tertiary/aromatic N) is 1. The van der Waals surface area contributed by atoms with Crippen LogP contribution in [0.15, 0.2) is 35.7 Å². The first kappa shape index (κ1) is 13.2. The zero-order chi connectivity index (χ0) is 13.8. The zero-order valence-electron chi connectivity index (χ0n) is 10.2. The summed E-state index contributed by atoms with van der Waals surface area (Å²) in [5.74, 6) is 0.0117. The number of nitro benzene ring substituents is 1. The van der Waals surface area contributed by atoms with E-state index >= 15 is 0 Å². The fourth-order valence-electron chi connectivity index (χ4n) is 1.68. The van der Waals surface area contributed by atoms with Crippen molar-refractivity contribution in [3.63, 3.8) is 0 Å². The van der Waals surface area contributed by atoms with Crippen LogP contribution in [-0.2, 0) is 6.42 Å². The number of Topliss-reactive ketones (excluding diaryl/α,β-unsaturated/α-hetero) is 1. The smallest absolute Gasteiger partial charge is 0.310 e. The van der Waals surface area contributed by atoms with Gasteiger partial charge in [-0.2, -0.15) is 0 Å². The normalized spacial score (nSPS) is 10.2. The van der Waals surface area contributed by atoms with Gasteiger partial charge in [0.15, 0.2) is 11.5 Å². The molecule has 2 rings (SSSR count). The Morgan fingerprint density at radius 2 is 2.21 bits per heavy atom. The third kappa shape index (κ3) is 2.97. The average Bonchev–Trinajstić information content (AvgIpc) is 2.90. The van der Waals surface area contributed by atoms with Crippen molar-refractivity contribution in [3.8, 4) is 5.75 Å². The van der Waals surface area contributed by atoms with Crippen LogP contribution >= 0.6 is 11.3 Å². The first-order valence-corrected chi connectivity index (χ1v) is 6.38. The number of hydrogen-bond acceptors (Lipinski definition) is 5. The van der Waals surface area contributed by atoms with Crippen LogP contribution in [0.2, 0.25) is 0 Å². The van der Waals surface area contributed by atoms with Crippen molar-refractivity contribution in [1.82, 2.24) is 0 Å². The van der Waals surface area contributed by atoms with E-state index in [0.717, 1.165) is 4.88 Å². The molecule has 0 amide bonds. The third-order valence-corrected chi connectivity index (χ3v) is 3.49. The summed E-state index contributed by atoms with van der Waals surface area (Å²) in [6.45, 7) is 0. The van der Waals surface area contributed by atoms with E-state index in [1.165, 1.54) is 36.6 Å². The van der Waals surface area contributed by atoms with Gasteiger partial charge in [0.1, 0.15) is 0 Å². The van der Waals surface area contributed by atoms with Crippen LogP contribution in [0, 0.1) is 10.1 Å². The van der Waals surface area contributed by atoms with Crippen molar-refractivity contribution >= 4 is 22.8 Å². The van der Waals surface area contributed by atoms with Crippen LogP contribution < -0.4 is 4.74 Å². The Bertz CT molecular complexity index is 607. The fraction of sp³-hybridized carbons (Fsp3) is 0.154. The van der Waals surface area contributed by atoms with Gasteiger partial charge < -0.3 is 4.74 Å². The molecule has 0 aliphatic heterocycles. The van der Waals surface area contributed by atoms with Crippen LogP contribution in [0.25, 0.3) is 0 Å². The molecule has 0 saturated carbocycles. The molecule has 0 bridgehead atoms. The van der Waals surface area contributed by atoms with Crippen LogP contribution in [0.3, 0.4) is 0 Å². The molecule has 0 aliphatic carbocycles. The van der Waals surface area contributed by atoms with Crippen molar-refractivity contribution in [2.24, 2.45) is 0 Å². The minimum Gasteiger partial charge on any atom is -0.490 e. The van der Waals surface area contributed by atoms with Crippen LogP contribution in [0.1, 0.15) is 15.2 Å². The average molecular weight is 277 g/mol. The number of carbonyl (C=O) groups excluding carboxylic acids is 1. The molecule has 0 fully saturated rings. The second-order valence-electron chi connectivity index (χ2n) is 3.82. The van der Waals surface area contributed by atoms with Crippen molar-refractivity contribution in [2.75, 3.05) is 7.11 Å². The molecule has 98 valence electrons. The van der Waals surface area contributed by atoms with Gasteiger partial charge >= 0.3 is 5.69 Å². The van der Waals surface area contributed by atoms with E-state index in [9.17, 15) is 14.9 Å². The lowest BCUT2D eigenvalue weighted by atomic mass is 10.1. The Morgan fingerprint density at radius 1 is 1.42 bits per heavy atom. The number of carbonyl (C=O) groups is 1. The maximum Gasteiger partial charge on any atom is 0.310 e. The van der Waals surface area contributed by atoms with E-state index in [-0.39, 0.29) is 17.2 Å². The second-order valence-corrected chi connectivity index (χ2v) is 4.86. The minimum absolute atomic E-state index is 0.0874. The topological polar surface area (TPSA) is 69.4 Å². The number of rotatable bonds is 5. The molecule has 0 atom stereocenters. The Kier molecular flexibility index (Phi) is 3.91. The Morgan fingerprint density at radius 3 is 2.79 bits per heavy atom. The molecule has 0 radical (unpaired) electrons. The zero-order valence-corrected chi connectivity index (χ0v) is 11.0. The van der Waals surface area contributed by atoms with E-state index < -0.39 is 4.92 Å². The lowest BCUT2D eigenvalue weighted by Crippen LogP contribution is -2.03. The summed E-state index contributed by atoms with van der Waals surface area (Å²) in [6.07, 6.45) is 0.290. The monoisotopic (exact) mass is 277 g/mol. The largest absolute Gasteiger partial charge is 0.490 e.